The van der Waals surface area contributed by atoms with Crippen molar-refractivity contribution in [2.75, 3.05) is 6.16 Å². The quantitative estimate of drug-likeness (QED) is 0.0416. The Morgan fingerprint density at radius 2 is 0.625 bits per heavy atom. The Morgan fingerprint density at radius 3 is 0.903 bits per heavy atom. The van der Waals surface area contributed by atoms with Gasteiger partial charge in [-0.2, -0.15) is 0 Å². The van der Waals surface area contributed by atoms with Crippen molar-refractivity contribution in [1.29, 1.82) is 0 Å². The largest absolute Gasteiger partial charge is 0.413 e. The zero-order valence-electron chi connectivity index (χ0n) is 37.1. The van der Waals surface area contributed by atoms with Gasteiger partial charge < -0.3 is 8.20 Å². The lowest BCUT2D eigenvalue weighted by molar-refractivity contribution is 0.345. The first kappa shape index (κ1) is 53.0. The van der Waals surface area contributed by atoms with E-state index in [9.17, 15) is 8.78 Å². The Labute approximate surface area is 397 Å². The average Bonchev–Trinajstić information content (AvgIpc) is 3.69. The molecule has 1 unspecified atom stereocenters. The topological polar surface area (TPSA) is 27.7 Å². The van der Waals surface area contributed by atoms with Crippen LogP contribution in [-0.2, 0) is 24.1 Å². The van der Waals surface area contributed by atoms with Crippen molar-refractivity contribution >= 4 is 64.2 Å². The van der Waals surface area contributed by atoms with E-state index >= 15 is 79.0 Å². The lowest BCUT2D eigenvalue weighted by Crippen LogP contribution is -2.72. The highest BCUT2D eigenvalue weighted by molar-refractivity contribution is 7.95. The van der Waals surface area contributed by atoms with Crippen molar-refractivity contribution < 1.29 is 100 Å². The van der Waals surface area contributed by atoms with Gasteiger partial charge in [-0.05, 0) is 63.8 Å². The van der Waals surface area contributed by atoms with E-state index in [0.29, 0.717) is 11.1 Å². The minimum Gasteiger partial charge on any atom is -0.325 e. The third-order valence-electron chi connectivity index (χ3n) is 13.2. The number of benzene rings is 6. The van der Waals surface area contributed by atoms with Crippen LogP contribution in [0.3, 0.4) is 0 Å². The molecule has 72 heavy (non-hydrogen) atoms. The highest BCUT2D eigenvalue weighted by Gasteiger charge is 2.75. The molecule has 0 N–H and O–H groups in total. The normalized spacial score (nSPS) is 18.2. The summed E-state index contributed by atoms with van der Waals surface area (Å²) in [5.41, 5.74) is -9.94. The molecule has 0 amide bonds. The molecule has 2 aliphatic rings. The molecule has 6 aromatic rings. The first-order chi connectivity index (χ1) is 33.5. The smallest absolute Gasteiger partial charge is 0.325 e. The molecule has 2 bridgehead atoms. The van der Waals surface area contributed by atoms with Crippen LogP contribution in [0.25, 0.3) is 0 Å². The van der Waals surface area contributed by atoms with E-state index < -0.39 is 188 Å². The van der Waals surface area contributed by atoms with Crippen LogP contribution in [-0.4, -0.2) is 24.6 Å². The first-order valence-corrected chi connectivity index (χ1v) is 23.8. The second-order valence-electron chi connectivity index (χ2n) is 17.5. The summed E-state index contributed by atoms with van der Waals surface area (Å²) in [6.07, 6.45) is -14.8. The molecule has 2 heterocycles. The van der Waals surface area contributed by atoms with Gasteiger partial charge in [0.15, 0.2) is 75.6 Å². The SMILES string of the molecule is Cc1cc(C)c([P+]2(c3c(C)cc(C)cc3C)CC[B-](c3c(F)c(F)c(F)c(F)c3F)(c3c(F)c(F)c(F)c(F)c3F)O[S+]3O[C@@H]2[B-](c2c(F)c(F)c(F)c(F)c2F)(c2c(F)c(F)c(F)c(F)c2F)O3)c(C)c1. The summed E-state index contributed by atoms with van der Waals surface area (Å²) in [5, 5.41) is -0.662. The average molecular weight is 1080 g/mol. The number of fused-ring (bicyclic) bond motifs is 2. The summed E-state index contributed by atoms with van der Waals surface area (Å²) in [5.74, 6) is -63.7. The van der Waals surface area contributed by atoms with Gasteiger partial charge in [-0.1, -0.05) is 57.2 Å². The summed E-state index contributed by atoms with van der Waals surface area (Å²) in [6, 6.07) is 5.25. The van der Waals surface area contributed by atoms with Crippen LogP contribution >= 0.6 is 7.26 Å². The maximum Gasteiger partial charge on any atom is 0.413 e. The van der Waals surface area contributed by atoms with Crippen molar-refractivity contribution in [3.05, 3.63) is 174 Å². The highest BCUT2D eigenvalue weighted by atomic mass is 32.3. The van der Waals surface area contributed by atoms with Crippen molar-refractivity contribution in [2.24, 2.45) is 0 Å². The van der Waals surface area contributed by atoms with Crippen molar-refractivity contribution in [3.63, 3.8) is 0 Å². The van der Waals surface area contributed by atoms with Crippen LogP contribution in [0.4, 0.5) is 87.8 Å². The second kappa shape index (κ2) is 18.0. The van der Waals surface area contributed by atoms with Crippen LogP contribution in [0.5, 0.6) is 0 Å². The van der Waals surface area contributed by atoms with Crippen LogP contribution in [0.1, 0.15) is 33.4 Å². The molecule has 0 radical (unpaired) electrons. The summed E-state index contributed by atoms with van der Waals surface area (Å²) < 4.78 is 338. The Kier molecular flexibility index (Phi) is 13.2. The lowest BCUT2D eigenvalue weighted by Gasteiger charge is -2.46. The summed E-state index contributed by atoms with van der Waals surface area (Å²) in [4.78, 5) is 0. The van der Waals surface area contributed by atoms with Crippen LogP contribution < -0.4 is 32.5 Å². The minimum atomic E-state index is -5.85. The molecule has 0 saturated carbocycles. The molecule has 2 fully saturated rings. The maximum absolute atomic E-state index is 17.0. The van der Waals surface area contributed by atoms with Crippen molar-refractivity contribution in [1.82, 2.24) is 0 Å². The van der Waals surface area contributed by atoms with E-state index in [1.54, 1.807) is 0 Å². The molecule has 0 aliphatic carbocycles. The number of halogens is 20. The van der Waals surface area contributed by atoms with Gasteiger partial charge in [-0.3, -0.25) is 0 Å². The lowest BCUT2D eigenvalue weighted by atomic mass is 9.30. The first-order valence-electron chi connectivity index (χ1n) is 20.7. The van der Waals surface area contributed by atoms with Gasteiger partial charge in [-0.15, -0.1) is 10.5 Å². The van der Waals surface area contributed by atoms with Gasteiger partial charge in [0.05, 0.1) is 7.26 Å². The van der Waals surface area contributed by atoms with E-state index in [2.05, 4.69) is 0 Å². The third kappa shape index (κ3) is 7.15. The highest BCUT2D eigenvalue weighted by Crippen LogP contribution is 2.70. The molecule has 382 valence electrons. The van der Waals surface area contributed by atoms with E-state index in [4.69, 9.17) is 12.4 Å². The van der Waals surface area contributed by atoms with Crippen molar-refractivity contribution in [3.8, 4) is 0 Å². The van der Waals surface area contributed by atoms with Crippen LogP contribution in [0, 0.1) is 158 Å². The van der Waals surface area contributed by atoms with Gasteiger partial charge in [0.2, 0.25) is 0 Å². The molecule has 0 aromatic heterocycles. The van der Waals surface area contributed by atoms with E-state index in [0.717, 1.165) is 0 Å². The van der Waals surface area contributed by atoms with Gasteiger partial charge in [0, 0.05) is 6.16 Å². The summed E-state index contributed by atoms with van der Waals surface area (Å²) in [6.45, 7) is 7.93. The fourth-order valence-corrected chi connectivity index (χ4v) is 19.3. The standard InChI is InChI=1S/C45H27B2F20O3PS/c1-13-9-15(3)43(16(4)10-13)71(44-17(5)11-14(2)12-18(44)6)8-7-46(19-23(48)31(56)39(64)32(57)24(19)49,20-25(50)33(58)40(65)34(59)26(20)51)69-72-68-45(71)47(70-72,21-27(52)35(60)41(66)36(61)28(21)53)22-29(54)37(62)42(67)38(63)30(22)55/h9-12,45H,7-8H2,1-6H3/t45-,72?/m0/s1. The van der Waals surface area contributed by atoms with Crippen molar-refractivity contribution in [2.45, 2.75) is 53.6 Å². The molecular weight excluding hydrogens is 1050 g/mol. The predicted molar refractivity (Wildman–Crippen MR) is 227 cm³/mol. The van der Waals surface area contributed by atoms with E-state index in [1.807, 2.05) is 0 Å². The number of hydrogen-bond acceptors (Lipinski definition) is 3. The second-order valence-corrected chi connectivity index (χ2v) is 22.1. The summed E-state index contributed by atoms with van der Waals surface area (Å²) >= 11 is -4.12. The summed E-state index contributed by atoms with van der Waals surface area (Å²) in [7, 11) is -5.22. The van der Waals surface area contributed by atoms with Gasteiger partial charge in [0.25, 0.3) is 6.35 Å². The molecule has 6 aromatic carbocycles. The molecule has 2 aliphatic heterocycles. The van der Waals surface area contributed by atoms with Crippen LogP contribution in [0.2, 0.25) is 6.32 Å². The van der Waals surface area contributed by atoms with Gasteiger partial charge in [-0.25, -0.2) is 87.8 Å². The maximum atomic E-state index is 17.0. The monoisotopic (exact) mass is 1080 g/mol. The zero-order valence-corrected chi connectivity index (χ0v) is 38.8. The number of aryl methyl sites for hydroxylation is 6. The fraction of sp³-hybridized carbons (Fsp3) is 0.200. The third-order valence-corrected chi connectivity index (χ3v) is 20.0. The minimum absolute atomic E-state index is 0.0813. The molecule has 8 rings (SSSR count). The van der Waals surface area contributed by atoms with Crippen LogP contribution in [0.15, 0.2) is 24.3 Å². The Bertz CT molecular complexity index is 3020. The van der Waals surface area contributed by atoms with Gasteiger partial charge in [0.1, 0.15) is 57.1 Å². The molecular formula is C45H27B2F20O3PS. The molecule has 3 nitrogen and oxygen atoms in total. The molecule has 0 spiro atoms. The molecule has 27 heteroatoms. The molecule has 2 atom stereocenters. The zero-order chi connectivity index (χ0) is 53.5. The molecule has 2 saturated heterocycles. The van der Waals surface area contributed by atoms with E-state index in [-0.39, 0.29) is 32.9 Å². The fourth-order valence-electron chi connectivity index (χ4n) is 10.8. The van der Waals surface area contributed by atoms with Gasteiger partial charge >= 0.3 is 18.1 Å². The number of rotatable bonds is 6. The number of hydrogen-bond donors (Lipinski definition) is 0. The van der Waals surface area contributed by atoms with E-state index in [1.165, 1.54) is 65.8 Å². The predicted octanol–water partition coefficient (Wildman–Crippen LogP) is 10.1. The Morgan fingerprint density at radius 1 is 0.375 bits per heavy atom. The Balaban J connectivity index is 1.74. The Hall–Kier alpha value is -5.29.